The highest BCUT2D eigenvalue weighted by atomic mass is 16.5. The molecule has 2 aliphatic rings. The lowest BCUT2D eigenvalue weighted by Crippen LogP contribution is -2.26. The first-order chi connectivity index (χ1) is 17.2. The maximum atomic E-state index is 6.09. The summed E-state index contributed by atoms with van der Waals surface area (Å²) >= 11 is 0. The Morgan fingerprint density at radius 2 is 1.11 bits per heavy atom. The molecule has 5 heteroatoms. The van der Waals surface area contributed by atoms with Crippen molar-refractivity contribution in [3.63, 3.8) is 0 Å². The molecule has 5 nitrogen and oxygen atoms in total. The number of hydrazone groups is 2. The number of hydrogen-bond acceptors (Lipinski definition) is 5. The first-order valence-corrected chi connectivity index (χ1v) is 13.5. The molecule has 188 valence electrons. The molecule has 0 radical (unpaired) electrons. The number of hydrogen-bond donors (Lipinski definition) is 0. The molecule has 2 aromatic rings. The maximum absolute atomic E-state index is 6.09. The summed E-state index contributed by atoms with van der Waals surface area (Å²) in [7, 11) is 0. The van der Waals surface area contributed by atoms with Crippen LogP contribution in [0.4, 0.5) is 11.4 Å². The smallest absolute Gasteiger partial charge is 0.0663 e. The molecule has 0 aliphatic heterocycles. The van der Waals surface area contributed by atoms with Gasteiger partial charge in [0.25, 0.3) is 0 Å². The topological polar surface area (TPSA) is 40.4 Å². The lowest BCUT2D eigenvalue weighted by molar-refractivity contribution is 0.146. The summed E-state index contributed by atoms with van der Waals surface area (Å²) in [6, 6.07) is 20.8. The van der Waals surface area contributed by atoms with Gasteiger partial charge in [-0.3, -0.25) is 10.0 Å². The van der Waals surface area contributed by atoms with Gasteiger partial charge in [0.05, 0.1) is 37.7 Å². The highest BCUT2D eigenvalue weighted by molar-refractivity contribution is 5.64. The third kappa shape index (κ3) is 7.66. The molecule has 0 bridgehead atoms. The van der Waals surface area contributed by atoms with Gasteiger partial charge in [0.2, 0.25) is 0 Å². The number of anilines is 2. The van der Waals surface area contributed by atoms with Crippen LogP contribution in [0.2, 0.25) is 0 Å². The zero-order valence-electron chi connectivity index (χ0n) is 21.5. The van der Waals surface area contributed by atoms with Gasteiger partial charge in [-0.1, -0.05) is 75.9 Å². The minimum Gasteiger partial charge on any atom is -0.378 e. The number of ether oxygens (including phenoxy) is 1. The van der Waals surface area contributed by atoms with Crippen molar-refractivity contribution in [2.45, 2.75) is 52.4 Å². The van der Waals surface area contributed by atoms with E-state index < -0.39 is 0 Å². The maximum Gasteiger partial charge on any atom is 0.0663 e. The van der Waals surface area contributed by atoms with E-state index in [4.69, 9.17) is 14.9 Å². The van der Waals surface area contributed by atoms with Crippen LogP contribution in [0.3, 0.4) is 0 Å². The van der Waals surface area contributed by atoms with Gasteiger partial charge < -0.3 is 4.74 Å². The first kappa shape index (κ1) is 25.4. The number of benzene rings is 2. The average Bonchev–Trinajstić information content (AvgIpc) is 3.50. The highest BCUT2D eigenvalue weighted by Gasteiger charge is 2.22. The van der Waals surface area contributed by atoms with E-state index in [2.05, 4.69) is 84.8 Å². The summed E-state index contributed by atoms with van der Waals surface area (Å²) in [5, 5.41) is 13.9. The first-order valence-electron chi connectivity index (χ1n) is 13.5. The predicted molar refractivity (Wildman–Crippen MR) is 148 cm³/mol. The van der Waals surface area contributed by atoms with E-state index in [1.165, 1.54) is 38.5 Å². The highest BCUT2D eigenvalue weighted by Crippen LogP contribution is 2.30. The van der Waals surface area contributed by atoms with Gasteiger partial charge in [-0.2, -0.15) is 10.2 Å². The summed E-state index contributed by atoms with van der Waals surface area (Å²) in [5.41, 5.74) is 2.22. The van der Waals surface area contributed by atoms with Crippen LogP contribution in [0.5, 0.6) is 0 Å². The van der Waals surface area contributed by atoms with Crippen LogP contribution in [-0.2, 0) is 4.74 Å². The van der Waals surface area contributed by atoms with Crippen molar-refractivity contribution in [1.82, 2.24) is 0 Å². The number of rotatable bonds is 12. The second kappa shape index (κ2) is 13.4. The molecule has 0 amide bonds. The van der Waals surface area contributed by atoms with Crippen molar-refractivity contribution in [2.24, 2.45) is 33.9 Å². The average molecular weight is 475 g/mol. The standard InChI is InChI=1S/C30H42N4O/c1-25-11-9-13-27(25)23-31-33(29-15-5-3-6-16-29)19-21-35-22-20-34(30-17-7-4-8-18-30)32-24-28-14-10-12-26(28)2/h3-8,15-18,23-28H,9-14,19-22H2,1-2H3/b31-23+,32-24+. The van der Waals surface area contributed by atoms with Crippen LogP contribution < -0.4 is 10.0 Å². The Bertz CT molecular complexity index is 841. The summed E-state index contributed by atoms with van der Waals surface area (Å²) in [5.74, 6) is 2.62. The van der Waals surface area contributed by atoms with Gasteiger partial charge in [0.1, 0.15) is 0 Å². The normalized spacial score (nSPS) is 24.5. The Morgan fingerprint density at radius 1 is 0.686 bits per heavy atom. The van der Waals surface area contributed by atoms with Crippen LogP contribution in [0.1, 0.15) is 52.4 Å². The molecule has 0 saturated heterocycles. The van der Waals surface area contributed by atoms with E-state index in [9.17, 15) is 0 Å². The van der Waals surface area contributed by atoms with E-state index in [1.54, 1.807) is 0 Å². The van der Waals surface area contributed by atoms with Crippen molar-refractivity contribution in [3.05, 3.63) is 60.7 Å². The fourth-order valence-corrected chi connectivity index (χ4v) is 5.23. The van der Waals surface area contributed by atoms with E-state index >= 15 is 0 Å². The second-order valence-electron chi connectivity index (χ2n) is 10.2. The van der Waals surface area contributed by atoms with Crippen LogP contribution >= 0.6 is 0 Å². The quantitative estimate of drug-likeness (QED) is 0.192. The Kier molecular flexibility index (Phi) is 9.76. The summed E-state index contributed by atoms with van der Waals surface area (Å²) in [4.78, 5) is 0. The fraction of sp³-hybridized carbons (Fsp3) is 0.533. The lowest BCUT2D eigenvalue weighted by Gasteiger charge is -2.22. The van der Waals surface area contributed by atoms with Crippen LogP contribution in [0.25, 0.3) is 0 Å². The predicted octanol–water partition coefficient (Wildman–Crippen LogP) is 6.86. The van der Waals surface area contributed by atoms with Crippen LogP contribution in [0.15, 0.2) is 70.9 Å². The molecule has 2 aromatic carbocycles. The third-order valence-electron chi connectivity index (χ3n) is 7.65. The second-order valence-corrected chi connectivity index (χ2v) is 10.2. The monoisotopic (exact) mass is 474 g/mol. The molecular formula is C30H42N4O. The molecule has 4 atom stereocenters. The molecule has 0 heterocycles. The SMILES string of the molecule is CC1CCCC1/C=N/N(CCOCCN(/N=C/C1CCCC1C)c1ccccc1)c1ccccc1. The molecular weight excluding hydrogens is 432 g/mol. The van der Waals surface area contributed by atoms with Gasteiger partial charge >= 0.3 is 0 Å². The Hall–Kier alpha value is -2.66. The zero-order chi connectivity index (χ0) is 24.3. The lowest BCUT2D eigenvalue weighted by atomic mass is 10.00. The van der Waals surface area contributed by atoms with Crippen molar-refractivity contribution >= 4 is 23.8 Å². The molecule has 0 spiro atoms. The van der Waals surface area contributed by atoms with Gasteiger partial charge in [0.15, 0.2) is 0 Å². The van der Waals surface area contributed by atoms with Crippen molar-refractivity contribution in [1.29, 1.82) is 0 Å². The molecule has 4 rings (SSSR count). The van der Waals surface area contributed by atoms with E-state index in [0.717, 1.165) is 36.3 Å². The minimum absolute atomic E-state index is 0.585. The Balaban J connectivity index is 1.30. The minimum atomic E-state index is 0.585. The largest absolute Gasteiger partial charge is 0.378 e. The summed E-state index contributed by atoms with van der Waals surface area (Å²) in [6.45, 7) is 7.39. The molecule has 2 saturated carbocycles. The Morgan fingerprint density at radius 3 is 1.49 bits per heavy atom. The number of nitrogens with zero attached hydrogens (tertiary/aromatic N) is 4. The molecule has 0 aromatic heterocycles. The third-order valence-corrected chi connectivity index (χ3v) is 7.65. The summed E-state index contributed by atoms with van der Waals surface area (Å²) < 4.78 is 6.09. The number of para-hydroxylation sites is 2. The van der Waals surface area contributed by atoms with E-state index in [-0.39, 0.29) is 0 Å². The molecule has 0 N–H and O–H groups in total. The van der Waals surface area contributed by atoms with Gasteiger partial charge in [-0.25, -0.2) is 0 Å². The summed E-state index contributed by atoms with van der Waals surface area (Å²) in [6.07, 6.45) is 12.1. The van der Waals surface area contributed by atoms with Crippen LogP contribution in [0, 0.1) is 23.7 Å². The molecule has 2 fully saturated rings. The molecule has 35 heavy (non-hydrogen) atoms. The molecule has 2 aliphatic carbocycles. The molecule has 4 unspecified atom stereocenters. The Labute approximate surface area is 211 Å². The zero-order valence-corrected chi connectivity index (χ0v) is 21.5. The van der Waals surface area contributed by atoms with Gasteiger partial charge in [0, 0.05) is 12.4 Å². The van der Waals surface area contributed by atoms with Gasteiger partial charge in [-0.15, -0.1) is 0 Å². The van der Waals surface area contributed by atoms with Crippen molar-refractivity contribution in [2.75, 3.05) is 36.3 Å². The van der Waals surface area contributed by atoms with Crippen molar-refractivity contribution < 1.29 is 4.74 Å². The van der Waals surface area contributed by atoms with E-state index in [1.807, 2.05) is 12.1 Å². The fourth-order valence-electron chi connectivity index (χ4n) is 5.23. The van der Waals surface area contributed by atoms with E-state index in [0.29, 0.717) is 25.0 Å². The van der Waals surface area contributed by atoms with Gasteiger partial charge in [-0.05, 0) is 60.8 Å². The van der Waals surface area contributed by atoms with Crippen molar-refractivity contribution in [3.8, 4) is 0 Å². The van der Waals surface area contributed by atoms with Crippen LogP contribution in [-0.4, -0.2) is 38.7 Å².